The van der Waals surface area contributed by atoms with E-state index in [9.17, 15) is 13.8 Å². The topological polar surface area (TPSA) is 83.7 Å². The van der Waals surface area contributed by atoms with Crippen LogP contribution in [0.15, 0.2) is 0 Å². The lowest BCUT2D eigenvalue weighted by Gasteiger charge is -2.41. The van der Waals surface area contributed by atoms with Gasteiger partial charge in [0, 0.05) is 25.4 Å². The molecule has 0 aromatic rings. The minimum absolute atomic E-state index is 0.0214. The van der Waals surface area contributed by atoms with Gasteiger partial charge in [-0.05, 0) is 39.0 Å². The Bertz CT molecular complexity index is 578. The maximum Gasteiger partial charge on any atom is 0.240 e. The Morgan fingerprint density at radius 3 is 2.40 bits per heavy atom. The van der Waals surface area contributed by atoms with Gasteiger partial charge in [0.1, 0.15) is 5.78 Å². The van der Waals surface area contributed by atoms with E-state index in [4.69, 9.17) is 5.73 Å². The van der Waals surface area contributed by atoms with Crippen LogP contribution in [0.3, 0.4) is 0 Å². The number of amides is 1. The average molecular weight is 370 g/mol. The van der Waals surface area contributed by atoms with Crippen molar-refractivity contribution < 1.29 is 13.8 Å². The predicted octanol–water partition coefficient (Wildman–Crippen LogP) is 1.07. The summed E-state index contributed by atoms with van der Waals surface area (Å²) in [6, 6.07) is -0.514. The van der Waals surface area contributed by atoms with Crippen LogP contribution in [0, 0.1) is 11.8 Å². The summed E-state index contributed by atoms with van der Waals surface area (Å²) in [5.41, 5.74) is 5.78. The molecular formula is C18H31N3O3S. The third kappa shape index (κ3) is 3.08. The lowest BCUT2D eigenvalue weighted by molar-refractivity contribution is -0.140. The molecular weight excluding hydrogens is 338 g/mol. The molecule has 25 heavy (non-hydrogen) atoms. The zero-order valence-corrected chi connectivity index (χ0v) is 16.4. The van der Waals surface area contributed by atoms with Crippen molar-refractivity contribution >= 4 is 22.7 Å². The van der Waals surface area contributed by atoms with Crippen molar-refractivity contribution in [2.45, 2.75) is 70.0 Å². The van der Waals surface area contributed by atoms with E-state index in [1.807, 2.05) is 16.1 Å². The van der Waals surface area contributed by atoms with Gasteiger partial charge in [0.05, 0.1) is 28.5 Å². The molecule has 6 nitrogen and oxygen atoms in total. The monoisotopic (exact) mass is 369 g/mol. The lowest BCUT2D eigenvalue weighted by Crippen LogP contribution is -2.59. The van der Waals surface area contributed by atoms with Crippen molar-refractivity contribution in [1.82, 2.24) is 9.21 Å². The first-order valence-corrected chi connectivity index (χ1v) is 11.0. The first-order chi connectivity index (χ1) is 11.8. The van der Waals surface area contributed by atoms with Crippen molar-refractivity contribution in [1.29, 1.82) is 0 Å². The van der Waals surface area contributed by atoms with Crippen LogP contribution in [0.25, 0.3) is 0 Å². The Labute approximate surface area is 153 Å². The summed E-state index contributed by atoms with van der Waals surface area (Å²) in [4.78, 5) is 27.4. The number of rotatable bonds is 4. The van der Waals surface area contributed by atoms with Gasteiger partial charge in [-0.25, -0.2) is 8.51 Å². The number of ketones is 1. The van der Waals surface area contributed by atoms with E-state index in [1.165, 1.54) is 6.42 Å². The lowest BCUT2D eigenvalue weighted by atomic mass is 9.80. The van der Waals surface area contributed by atoms with E-state index in [0.29, 0.717) is 13.1 Å². The summed E-state index contributed by atoms with van der Waals surface area (Å²) in [5.74, 6) is -0.0119. The molecule has 3 rings (SSSR count). The smallest absolute Gasteiger partial charge is 0.240 e. The average Bonchev–Trinajstić information content (AvgIpc) is 3.06. The van der Waals surface area contributed by atoms with Gasteiger partial charge in [-0.1, -0.05) is 19.3 Å². The van der Waals surface area contributed by atoms with E-state index < -0.39 is 22.6 Å². The molecule has 1 saturated carbocycles. The second kappa shape index (κ2) is 7.08. The zero-order chi connectivity index (χ0) is 18.4. The van der Waals surface area contributed by atoms with Crippen LogP contribution in [0.1, 0.15) is 52.4 Å². The Kier molecular flexibility index (Phi) is 5.38. The molecule has 142 valence electrons. The van der Waals surface area contributed by atoms with E-state index in [1.54, 1.807) is 13.2 Å². The molecule has 5 atom stereocenters. The summed E-state index contributed by atoms with van der Waals surface area (Å²) in [5, 5.41) is 0. The highest BCUT2D eigenvalue weighted by Gasteiger charge is 2.61. The molecule has 1 amide bonds. The summed E-state index contributed by atoms with van der Waals surface area (Å²) >= 11 is 0. The van der Waals surface area contributed by atoms with Gasteiger partial charge in [-0.15, -0.1) is 0 Å². The van der Waals surface area contributed by atoms with Crippen molar-refractivity contribution in [2.24, 2.45) is 17.6 Å². The molecule has 0 aromatic heterocycles. The number of likely N-dealkylation sites (tertiary alicyclic amines) is 1. The Morgan fingerprint density at radius 2 is 1.84 bits per heavy atom. The van der Waals surface area contributed by atoms with Gasteiger partial charge >= 0.3 is 0 Å². The fourth-order valence-electron chi connectivity index (χ4n) is 5.36. The highest BCUT2D eigenvalue weighted by Crippen LogP contribution is 2.46. The van der Waals surface area contributed by atoms with Gasteiger partial charge in [-0.2, -0.15) is 0 Å². The molecule has 0 spiro atoms. The maximum absolute atomic E-state index is 13.2. The second-order valence-corrected chi connectivity index (χ2v) is 9.45. The largest absolute Gasteiger partial charge is 0.333 e. The number of nitrogens with two attached hydrogens (primary N) is 1. The van der Waals surface area contributed by atoms with Crippen LogP contribution in [0.4, 0.5) is 0 Å². The fraction of sp³-hybridized carbons (Fsp3) is 0.889. The molecule has 3 fully saturated rings. The first kappa shape index (κ1) is 19.0. The number of nitrogens with zero attached hydrogens (tertiary/aromatic N) is 2. The quantitative estimate of drug-likeness (QED) is 0.803. The van der Waals surface area contributed by atoms with Gasteiger partial charge in [0.15, 0.2) is 0 Å². The van der Waals surface area contributed by atoms with Gasteiger partial charge in [-0.3, -0.25) is 9.59 Å². The summed E-state index contributed by atoms with van der Waals surface area (Å²) in [6.45, 7) is 4.63. The van der Waals surface area contributed by atoms with Crippen LogP contribution in [-0.2, 0) is 20.6 Å². The van der Waals surface area contributed by atoms with Gasteiger partial charge in [0.25, 0.3) is 0 Å². The number of carbonyl (C=O) groups is 2. The maximum atomic E-state index is 13.2. The minimum atomic E-state index is -1.15. The third-order valence-electron chi connectivity index (χ3n) is 6.83. The predicted molar refractivity (Wildman–Crippen MR) is 98.0 cm³/mol. The molecule has 0 bridgehead atoms. The molecule has 2 saturated heterocycles. The molecule has 3 aliphatic rings. The van der Waals surface area contributed by atoms with E-state index in [-0.39, 0.29) is 29.6 Å². The SMILES string of the molecule is CC(=O)C1CN(S(C)=O)C2CCN(C(=O)C(N)C3CCCCC3)C12C. The highest BCUT2D eigenvalue weighted by atomic mass is 32.2. The van der Waals surface area contributed by atoms with Crippen molar-refractivity contribution in [3.8, 4) is 0 Å². The molecule has 5 unspecified atom stereocenters. The standard InChI is InChI=1S/C18H31N3O3S/c1-12(22)14-11-21(25(3)24)15-9-10-20(18(14,15)2)17(23)16(19)13-7-5-4-6-8-13/h13-16H,4-11,19H2,1-3H3. The number of fused-ring (bicyclic) bond motifs is 1. The van der Waals surface area contributed by atoms with E-state index >= 15 is 0 Å². The Hall–Kier alpha value is -0.790. The zero-order valence-electron chi connectivity index (χ0n) is 15.6. The number of Topliss-reactive ketones (excluding diaryl/α,β-unsaturated/α-hetero) is 1. The van der Waals surface area contributed by atoms with E-state index in [2.05, 4.69) is 0 Å². The molecule has 2 N–H and O–H groups in total. The van der Waals surface area contributed by atoms with Crippen LogP contribution >= 0.6 is 0 Å². The molecule has 0 aromatic carbocycles. The first-order valence-electron chi connectivity index (χ1n) is 9.46. The van der Waals surface area contributed by atoms with E-state index in [0.717, 1.165) is 32.1 Å². The summed E-state index contributed by atoms with van der Waals surface area (Å²) in [7, 11) is -1.15. The molecule has 2 heterocycles. The Morgan fingerprint density at radius 1 is 1.20 bits per heavy atom. The normalized spacial score (nSPS) is 36.2. The fourth-order valence-corrected chi connectivity index (χ4v) is 6.40. The summed E-state index contributed by atoms with van der Waals surface area (Å²) in [6.07, 6.45) is 7.95. The Balaban J connectivity index is 1.85. The van der Waals surface area contributed by atoms with Gasteiger partial charge in [0.2, 0.25) is 5.91 Å². The number of hydrogen-bond acceptors (Lipinski definition) is 4. The summed E-state index contributed by atoms with van der Waals surface area (Å²) < 4.78 is 14.0. The third-order valence-corrected chi connectivity index (χ3v) is 7.89. The second-order valence-electron chi connectivity index (χ2n) is 8.13. The number of carbonyl (C=O) groups excluding carboxylic acids is 2. The van der Waals surface area contributed by atoms with Crippen LogP contribution in [0.2, 0.25) is 0 Å². The van der Waals surface area contributed by atoms with Crippen LogP contribution < -0.4 is 5.73 Å². The van der Waals surface area contributed by atoms with Gasteiger partial charge < -0.3 is 10.6 Å². The van der Waals surface area contributed by atoms with Crippen molar-refractivity contribution in [3.05, 3.63) is 0 Å². The molecule has 2 aliphatic heterocycles. The van der Waals surface area contributed by atoms with Crippen LogP contribution in [-0.4, -0.2) is 62.1 Å². The van der Waals surface area contributed by atoms with Crippen molar-refractivity contribution in [3.63, 3.8) is 0 Å². The number of hydrogen-bond donors (Lipinski definition) is 1. The molecule has 1 aliphatic carbocycles. The highest BCUT2D eigenvalue weighted by molar-refractivity contribution is 7.81. The van der Waals surface area contributed by atoms with Crippen molar-refractivity contribution in [2.75, 3.05) is 19.3 Å². The minimum Gasteiger partial charge on any atom is -0.333 e. The van der Waals surface area contributed by atoms with Crippen LogP contribution in [0.5, 0.6) is 0 Å². The molecule has 0 radical (unpaired) electrons. The molecule has 7 heteroatoms.